The van der Waals surface area contributed by atoms with Crippen LogP contribution in [0.5, 0.6) is 0 Å². The second kappa shape index (κ2) is 29.5. The smallest absolute Gasteiger partial charge is 0 e. The Bertz CT molecular complexity index is 152. The standard InChI is InChI=1S/2C5H5.3CH3.2ClH.Zr/c2*1-2-4-5-3-1;;;;;;/h2*1-3H,4H2;3*1H3;2*1H;/q5*-1;;;. The Morgan fingerprint density at radius 3 is 1.06 bits per heavy atom. The molecule has 2 rings (SSSR count). The van der Waals surface area contributed by atoms with Gasteiger partial charge in [-0.1, -0.05) is 0 Å². The maximum Gasteiger partial charge on any atom is 0 e. The second-order valence-corrected chi connectivity index (χ2v) is 2.01. The van der Waals surface area contributed by atoms with Gasteiger partial charge >= 0.3 is 0 Å². The Labute approximate surface area is 134 Å². The Morgan fingerprint density at radius 2 is 1.00 bits per heavy atom. The summed E-state index contributed by atoms with van der Waals surface area (Å²) in [5, 5.41) is 0. The van der Waals surface area contributed by atoms with E-state index in [0.717, 1.165) is 12.8 Å². The summed E-state index contributed by atoms with van der Waals surface area (Å²) in [6.45, 7) is 0. The summed E-state index contributed by atoms with van der Waals surface area (Å²) >= 11 is 0. The fourth-order valence-corrected chi connectivity index (χ4v) is 0.680. The Morgan fingerprint density at radius 1 is 0.688 bits per heavy atom. The molecule has 0 N–H and O–H groups in total. The monoisotopic (exact) mass is 337 g/mol. The van der Waals surface area contributed by atoms with Gasteiger partial charge in [0.1, 0.15) is 0 Å². The third-order valence-corrected chi connectivity index (χ3v) is 1.17. The largest absolute Gasteiger partial charge is 0.358 e. The van der Waals surface area contributed by atoms with E-state index < -0.39 is 0 Å². The van der Waals surface area contributed by atoms with Crippen LogP contribution in [-0.4, -0.2) is 0 Å². The molecule has 0 fully saturated rings. The summed E-state index contributed by atoms with van der Waals surface area (Å²) in [4.78, 5) is 0. The van der Waals surface area contributed by atoms with Crippen molar-refractivity contribution in [3.05, 3.63) is 70.9 Å². The molecule has 0 aromatic rings. The zero-order valence-corrected chi connectivity index (χ0v) is 14.3. The first-order valence-corrected chi connectivity index (χ1v) is 3.43. The van der Waals surface area contributed by atoms with Gasteiger partial charge in [0.05, 0.1) is 0 Å². The summed E-state index contributed by atoms with van der Waals surface area (Å²) in [6.07, 6.45) is 20.0. The molecule has 0 heterocycles. The molecule has 96 valence electrons. The molecule has 2 aliphatic carbocycles. The molecular formula is C13H21Cl2Zr-5. The van der Waals surface area contributed by atoms with E-state index in [0.29, 0.717) is 0 Å². The first-order chi connectivity index (χ1) is 5.00. The van der Waals surface area contributed by atoms with Crippen LogP contribution in [0.25, 0.3) is 0 Å². The average molecular weight is 339 g/mol. The van der Waals surface area contributed by atoms with Crippen LogP contribution in [0.3, 0.4) is 0 Å². The number of rotatable bonds is 0. The van der Waals surface area contributed by atoms with Gasteiger partial charge in [-0.05, 0) is 0 Å². The van der Waals surface area contributed by atoms with E-state index in [2.05, 4.69) is 24.3 Å². The van der Waals surface area contributed by atoms with Gasteiger partial charge in [-0.3, -0.25) is 12.2 Å². The second-order valence-electron chi connectivity index (χ2n) is 2.01. The van der Waals surface area contributed by atoms with Crippen molar-refractivity contribution in [1.29, 1.82) is 0 Å². The van der Waals surface area contributed by atoms with E-state index in [4.69, 9.17) is 0 Å². The molecule has 0 aromatic carbocycles. The van der Waals surface area contributed by atoms with E-state index in [1.165, 1.54) is 0 Å². The molecule has 2 aliphatic rings. The molecule has 0 spiro atoms. The zero-order valence-electron chi connectivity index (χ0n) is 10.2. The van der Waals surface area contributed by atoms with Crippen molar-refractivity contribution in [2.24, 2.45) is 0 Å². The van der Waals surface area contributed by atoms with E-state index >= 15 is 0 Å². The van der Waals surface area contributed by atoms with Crippen LogP contribution in [0.2, 0.25) is 0 Å². The molecule has 0 nitrogen and oxygen atoms in total. The molecule has 16 heavy (non-hydrogen) atoms. The summed E-state index contributed by atoms with van der Waals surface area (Å²) in [7, 11) is 0. The third kappa shape index (κ3) is 23.9. The Hall–Kier alpha value is 0.423. The van der Waals surface area contributed by atoms with Crippen molar-refractivity contribution >= 4 is 24.8 Å². The van der Waals surface area contributed by atoms with Gasteiger partial charge in [0.2, 0.25) is 0 Å². The van der Waals surface area contributed by atoms with Crippen LogP contribution < -0.4 is 0 Å². The molecule has 0 saturated heterocycles. The normalized spacial score (nSPS) is 11.0. The minimum absolute atomic E-state index is 0. The van der Waals surface area contributed by atoms with Crippen molar-refractivity contribution in [3.8, 4) is 0 Å². The molecule has 0 amide bonds. The predicted molar refractivity (Wildman–Crippen MR) is 76.9 cm³/mol. The first-order valence-electron chi connectivity index (χ1n) is 3.43. The van der Waals surface area contributed by atoms with Crippen molar-refractivity contribution in [1.82, 2.24) is 0 Å². The molecule has 0 aromatic heterocycles. The topological polar surface area (TPSA) is 0 Å². The van der Waals surface area contributed by atoms with Crippen molar-refractivity contribution < 1.29 is 26.2 Å². The van der Waals surface area contributed by atoms with Gasteiger partial charge in [-0.2, -0.15) is 12.2 Å². The number of halogens is 2. The van der Waals surface area contributed by atoms with Gasteiger partial charge in [0.25, 0.3) is 0 Å². The summed E-state index contributed by atoms with van der Waals surface area (Å²) in [6, 6.07) is 0. The van der Waals surface area contributed by atoms with Crippen LogP contribution in [0.4, 0.5) is 0 Å². The minimum atomic E-state index is 0. The van der Waals surface area contributed by atoms with E-state index in [1.807, 2.05) is 24.3 Å². The van der Waals surface area contributed by atoms with Crippen molar-refractivity contribution in [3.63, 3.8) is 0 Å². The summed E-state index contributed by atoms with van der Waals surface area (Å²) in [5.74, 6) is 0. The fraction of sp³-hybridized carbons (Fsp3) is 0.154. The van der Waals surface area contributed by atoms with Crippen molar-refractivity contribution in [2.45, 2.75) is 12.8 Å². The SMILES string of the molecule is Cl.Cl.[C-]1=CC=CC1.[C-]1=CC=CC1.[CH3-].[CH3-].[CH3-].[Zr]. The van der Waals surface area contributed by atoms with E-state index in [9.17, 15) is 0 Å². The van der Waals surface area contributed by atoms with Gasteiger partial charge in [0.15, 0.2) is 0 Å². The predicted octanol–water partition coefficient (Wildman–Crippen LogP) is 4.80. The van der Waals surface area contributed by atoms with Crippen LogP contribution >= 0.6 is 24.8 Å². The van der Waals surface area contributed by atoms with Crippen LogP contribution in [0.1, 0.15) is 12.8 Å². The van der Waals surface area contributed by atoms with Crippen LogP contribution in [-0.2, 0) is 26.2 Å². The van der Waals surface area contributed by atoms with Gasteiger partial charge in [-0.15, -0.1) is 37.7 Å². The summed E-state index contributed by atoms with van der Waals surface area (Å²) < 4.78 is 0. The zero-order chi connectivity index (χ0) is 7.07. The van der Waals surface area contributed by atoms with Gasteiger partial charge in [0, 0.05) is 26.2 Å². The van der Waals surface area contributed by atoms with Crippen molar-refractivity contribution in [2.75, 3.05) is 0 Å². The summed E-state index contributed by atoms with van der Waals surface area (Å²) in [5.41, 5.74) is 0. The quantitative estimate of drug-likeness (QED) is 0.556. The van der Waals surface area contributed by atoms with Crippen LogP contribution in [0.15, 0.2) is 36.5 Å². The Balaban J connectivity index is -0.0000000227. The van der Waals surface area contributed by atoms with Gasteiger partial charge in [-0.25, -0.2) is 24.3 Å². The van der Waals surface area contributed by atoms with Crippen LogP contribution in [0, 0.1) is 34.4 Å². The number of hydrogen-bond donors (Lipinski definition) is 0. The fourth-order valence-electron chi connectivity index (χ4n) is 0.680. The molecule has 0 atom stereocenters. The molecular weight excluding hydrogens is 318 g/mol. The van der Waals surface area contributed by atoms with E-state index in [1.54, 1.807) is 0 Å². The molecule has 3 heteroatoms. The van der Waals surface area contributed by atoms with Gasteiger partial charge < -0.3 is 22.3 Å². The molecule has 0 radical (unpaired) electrons. The maximum atomic E-state index is 2.99. The number of hydrogen-bond acceptors (Lipinski definition) is 0. The average Bonchev–Trinajstić information content (AvgIpc) is 2.67. The maximum absolute atomic E-state index is 2.99. The Kier molecular flexibility index (Phi) is 66.4. The third-order valence-electron chi connectivity index (χ3n) is 1.17. The molecule has 0 saturated carbocycles. The molecule has 0 aliphatic heterocycles. The molecule has 0 bridgehead atoms. The minimum Gasteiger partial charge on any atom is -0.358 e. The first kappa shape index (κ1) is 36.0. The van der Waals surface area contributed by atoms with E-state index in [-0.39, 0.29) is 73.3 Å². The molecule has 0 unspecified atom stereocenters. The number of allylic oxidation sites excluding steroid dienone is 8.